The van der Waals surface area contributed by atoms with Gasteiger partial charge in [0.2, 0.25) is 0 Å². The summed E-state index contributed by atoms with van der Waals surface area (Å²) in [4.78, 5) is 9.57. The molecule has 2 aromatic carbocycles. The first-order chi connectivity index (χ1) is 11.9. The van der Waals surface area contributed by atoms with Crippen LogP contribution < -0.4 is 5.49 Å². The summed E-state index contributed by atoms with van der Waals surface area (Å²) in [5.74, 6) is 0.906. The Bertz CT molecular complexity index is 1070. The molecule has 0 amide bonds. The molecule has 0 fully saturated rings. The van der Waals surface area contributed by atoms with Crippen molar-refractivity contribution in [2.75, 3.05) is 0 Å². The average molecular weight is 395 g/mol. The van der Waals surface area contributed by atoms with Gasteiger partial charge in [-0.25, -0.2) is 4.98 Å². The molecule has 0 unspecified atom stereocenters. The lowest BCUT2D eigenvalue weighted by Crippen LogP contribution is -2.17. The summed E-state index contributed by atoms with van der Waals surface area (Å²) in [5.41, 5.74) is 4.53. The van der Waals surface area contributed by atoms with Crippen LogP contribution in [-0.2, 0) is 7.05 Å². The second-order valence-corrected chi connectivity index (χ2v) is 7.06. The molecule has 0 saturated heterocycles. The third-order valence-corrected chi connectivity index (χ3v) is 5.07. The Morgan fingerprint density at radius 1 is 1.24 bits per heavy atom. The minimum atomic E-state index is -0.0879. The number of nitriles is 1. The number of aromatic nitrogens is 2. The van der Waals surface area contributed by atoms with Crippen molar-refractivity contribution in [2.45, 2.75) is 26.8 Å². The third kappa shape index (κ3) is 3.22. The van der Waals surface area contributed by atoms with Gasteiger partial charge < -0.3 is 4.57 Å². The molecule has 0 bridgehead atoms. The van der Waals surface area contributed by atoms with Gasteiger partial charge in [0.1, 0.15) is 5.82 Å². The van der Waals surface area contributed by atoms with Crippen molar-refractivity contribution in [3.05, 3.63) is 68.9 Å². The number of hydrogen-bond acceptors (Lipinski definition) is 3. The maximum atomic E-state index is 9.25. The van der Waals surface area contributed by atoms with Crippen LogP contribution in [0.3, 0.4) is 0 Å². The van der Waals surface area contributed by atoms with E-state index in [2.05, 4.69) is 32.6 Å². The first-order valence-electron chi connectivity index (χ1n) is 8.08. The van der Waals surface area contributed by atoms with Crippen LogP contribution in [0.15, 0.2) is 45.9 Å². The van der Waals surface area contributed by atoms with Gasteiger partial charge in [0.15, 0.2) is 5.49 Å². The number of fused-ring (bicyclic) bond motifs is 1. The van der Waals surface area contributed by atoms with E-state index in [1.54, 1.807) is 0 Å². The second kappa shape index (κ2) is 6.81. The highest BCUT2D eigenvalue weighted by Gasteiger charge is 2.11. The van der Waals surface area contributed by atoms with Gasteiger partial charge in [0, 0.05) is 16.9 Å². The molecule has 0 spiro atoms. The number of halogens is 1. The van der Waals surface area contributed by atoms with Crippen molar-refractivity contribution in [1.82, 2.24) is 9.55 Å². The molecule has 1 aromatic heterocycles. The summed E-state index contributed by atoms with van der Waals surface area (Å²) in [7, 11) is 2.01. The highest BCUT2D eigenvalue weighted by molar-refractivity contribution is 9.10. The van der Waals surface area contributed by atoms with E-state index in [-0.39, 0.29) is 6.04 Å². The molecule has 3 aromatic rings. The van der Waals surface area contributed by atoms with E-state index in [0.29, 0.717) is 5.56 Å². The average Bonchev–Trinajstić information content (AvgIpc) is 2.59. The van der Waals surface area contributed by atoms with Gasteiger partial charge in [-0.3, -0.25) is 4.99 Å². The molecule has 5 heteroatoms. The highest BCUT2D eigenvalue weighted by Crippen LogP contribution is 2.23. The van der Waals surface area contributed by atoms with Crippen molar-refractivity contribution in [3.8, 4) is 6.07 Å². The quantitative estimate of drug-likeness (QED) is 0.642. The Morgan fingerprint density at radius 2 is 2.00 bits per heavy atom. The molecule has 1 heterocycles. The van der Waals surface area contributed by atoms with Crippen LogP contribution in [0.25, 0.3) is 10.9 Å². The number of hydrogen-bond donors (Lipinski definition) is 0. The lowest BCUT2D eigenvalue weighted by atomic mass is 9.98. The van der Waals surface area contributed by atoms with E-state index in [1.807, 2.05) is 58.2 Å². The lowest BCUT2D eigenvalue weighted by molar-refractivity contribution is 0.754. The van der Waals surface area contributed by atoms with Gasteiger partial charge in [0.25, 0.3) is 0 Å². The fraction of sp³-hybridized carbons (Fsp3) is 0.250. The van der Waals surface area contributed by atoms with E-state index < -0.39 is 0 Å². The van der Waals surface area contributed by atoms with Gasteiger partial charge in [-0.2, -0.15) is 5.26 Å². The predicted octanol–water partition coefficient (Wildman–Crippen LogP) is 4.49. The summed E-state index contributed by atoms with van der Waals surface area (Å²) in [6, 6.07) is 14.1. The van der Waals surface area contributed by atoms with Crippen molar-refractivity contribution in [1.29, 1.82) is 5.26 Å². The Morgan fingerprint density at radius 3 is 2.72 bits per heavy atom. The van der Waals surface area contributed by atoms with Crippen LogP contribution in [-0.4, -0.2) is 9.55 Å². The summed E-state index contributed by atoms with van der Waals surface area (Å²) >= 11 is 3.54. The maximum Gasteiger partial charge on any atom is 0.159 e. The van der Waals surface area contributed by atoms with Gasteiger partial charge in [0.05, 0.1) is 23.2 Å². The standard InChI is InChI=1S/C20H19BrN4/c1-12-15(11-22)6-5-7-17(12)13(2)23-20-18-10-16(21)8-9-19(18)25(4)14(3)24-20/h5-10,13H,1-4H3/b23-20-/t13-/m1/s1. The number of aryl methyl sites for hydroxylation is 2. The van der Waals surface area contributed by atoms with Crippen molar-refractivity contribution >= 4 is 26.8 Å². The summed E-state index contributed by atoms with van der Waals surface area (Å²) in [5, 5.41) is 10.3. The number of benzene rings is 2. The SMILES string of the molecule is Cc1c(C#N)cccc1[C@@H](C)/N=c1\nc(C)n(C)c2ccc(Br)cc12. The number of rotatable bonds is 2. The molecule has 4 nitrogen and oxygen atoms in total. The topological polar surface area (TPSA) is 54.0 Å². The van der Waals surface area contributed by atoms with Crippen LogP contribution in [0.5, 0.6) is 0 Å². The largest absolute Gasteiger partial charge is 0.332 e. The molecule has 0 aliphatic rings. The van der Waals surface area contributed by atoms with E-state index in [1.165, 1.54) is 0 Å². The fourth-order valence-electron chi connectivity index (χ4n) is 3.02. The van der Waals surface area contributed by atoms with Gasteiger partial charge in [-0.05, 0) is 56.2 Å². The molecule has 0 radical (unpaired) electrons. The smallest absolute Gasteiger partial charge is 0.159 e. The van der Waals surface area contributed by atoms with Gasteiger partial charge in [-0.1, -0.05) is 28.1 Å². The zero-order chi connectivity index (χ0) is 18.1. The van der Waals surface area contributed by atoms with E-state index in [9.17, 15) is 5.26 Å². The third-order valence-electron chi connectivity index (χ3n) is 4.58. The molecular weight excluding hydrogens is 376 g/mol. The molecule has 0 aliphatic heterocycles. The minimum Gasteiger partial charge on any atom is -0.332 e. The van der Waals surface area contributed by atoms with Crippen molar-refractivity contribution in [2.24, 2.45) is 12.0 Å². The van der Waals surface area contributed by atoms with Crippen LogP contribution in [0.4, 0.5) is 0 Å². The summed E-state index contributed by atoms with van der Waals surface area (Å²) in [6.45, 7) is 5.99. The van der Waals surface area contributed by atoms with E-state index in [0.717, 1.165) is 37.8 Å². The normalized spacial score (nSPS) is 13.0. The molecular formula is C20H19BrN4. The minimum absolute atomic E-state index is 0.0879. The highest BCUT2D eigenvalue weighted by atomic mass is 79.9. The van der Waals surface area contributed by atoms with Crippen LogP contribution in [0, 0.1) is 25.2 Å². The second-order valence-electron chi connectivity index (χ2n) is 6.14. The maximum absolute atomic E-state index is 9.25. The Balaban J connectivity index is 2.24. The zero-order valence-electron chi connectivity index (χ0n) is 14.7. The Hall–Kier alpha value is -2.45. The van der Waals surface area contributed by atoms with Crippen LogP contribution in [0.1, 0.15) is 35.5 Å². The summed E-state index contributed by atoms with van der Waals surface area (Å²) in [6.07, 6.45) is 0. The van der Waals surface area contributed by atoms with Crippen LogP contribution in [0.2, 0.25) is 0 Å². The van der Waals surface area contributed by atoms with Gasteiger partial charge >= 0.3 is 0 Å². The molecule has 0 N–H and O–H groups in total. The van der Waals surface area contributed by atoms with E-state index >= 15 is 0 Å². The van der Waals surface area contributed by atoms with Crippen molar-refractivity contribution in [3.63, 3.8) is 0 Å². The Kier molecular flexibility index (Phi) is 4.73. The molecule has 0 saturated carbocycles. The molecule has 1 atom stereocenters. The molecule has 0 aliphatic carbocycles. The Labute approximate surface area is 155 Å². The predicted molar refractivity (Wildman–Crippen MR) is 103 cm³/mol. The first-order valence-corrected chi connectivity index (χ1v) is 8.88. The van der Waals surface area contributed by atoms with Crippen molar-refractivity contribution < 1.29 is 0 Å². The zero-order valence-corrected chi connectivity index (χ0v) is 16.3. The molecule has 25 heavy (non-hydrogen) atoms. The van der Waals surface area contributed by atoms with E-state index in [4.69, 9.17) is 9.98 Å². The molecule has 3 rings (SSSR count). The van der Waals surface area contributed by atoms with Crippen LogP contribution >= 0.6 is 15.9 Å². The molecule has 126 valence electrons. The van der Waals surface area contributed by atoms with Gasteiger partial charge in [-0.15, -0.1) is 0 Å². The number of nitrogens with zero attached hydrogens (tertiary/aromatic N) is 4. The fourth-order valence-corrected chi connectivity index (χ4v) is 3.38. The lowest BCUT2D eigenvalue weighted by Gasteiger charge is -2.13. The first kappa shape index (κ1) is 17.4. The monoisotopic (exact) mass is 394 g/mol. The summed E-state index contributed by atoms with van der Waals surface area (Å²) < 4.78 is 3.06.